The molecule has 0 spiro atoms. The van der Waals surface area contributed by atoms with Crippen molar-refractivity contribution in [3.8, 4) is 0 Å². The van der Waals surface area contributed by atoms with Gasteiger partial charge in [-0.15, -0.1) is 4.52 Å². The van der Waals surface area contributed by atoms with Crippen molar-refractivity contribution < 1.29 is 13.0 Å². The van der Waals surface area contributed by atoms with Crippen molar-refractivity contribution in [3.05, 3.63) is 0 Å². The molecule has 0 aliphatic carbocycles. The second-order valence-electron chi connectivity index (χ2n) is 1.38. The molecule has 0 aliphatic rings. The molecule has 11 heavy (non-hydrogen) atoms. The summed E-state index contributed by atoms with van der Waals surface area (Å²) in [6.45, 7) is -3.01. The molecule has 0 aromatic heterocycles. The lowest BCUT2D eigenvalue weighted by Gasteiger charge is -2.01. The SMILES string of the molecule is CCSP(F)(F)=NP(=O)(Cl)Cl. The fourth-order valence-corrected chi connectivity index (χ4v) is 6.36. The Bertz CT molecular complexity index is 224. The molecule has 0 heterocycles. The van der Waals surface area contributed by atoms with Crippen LogP contribution < -0.4 is 0 Å². The molecule has 0 saturated carbocycles. The van der Waals surface area contributed by atoms with E-state index < -0.39 is 12.9 Å². The Hall–Kier alpha value is 1.25. The van der Waals surface area contributed by atoms with Gasteiger partial charge in [0.15, 0.2) is 0 Å². The van der Waals surface area contributed by atoms with Crippen LogP contribution in [0.3, 0.4) is 0 Å². The molecule has 9 heteroatoms. The molecular formula is C2H5Cl2F2NOP2S. The van der Waals surface area contributed by atoms with Gasteiger partial charge in [0, 0.05) is 5.75 Å². The molecule has 0 aliphatic heterocycles. The number of hydrogen-bond donors (Lipinski definition) is 0. The second-order valence-corrected chi connectivity index (χ2v) is 10.0. The normalized spacial score (nSPS) is 13.2. The minimum Gasteiger partial charge on any atom is -0.262 e. The van der Waals surface area contributed by atoms with E-state index in [9.17, 15) is 13.0 Å². The maximum Gasteiger partial charge on any atom is 0.367 e. The fraction of sp³-hybridized carbons (Fsp3) is 1.00. The van der Waals surface area contributed by atoms with E-state index in [1.165, 1.54) is 0 Å². The summed E-state index contributed by atoms with van der Waals surface area (Å²) in [4.78, 5) is 0. The summed E-state index contributed by atoms with van der Waals surface area (Å²) in [5.74, 6) is -3.78. The van der Waals surface area contributed by atoms with Gasteiger partial charge < -0.3 is 0 Å². The first-order chi connectivity index (χ1) is 4.77. The number of hydrogen-bond acceptors (Lipinski definition) is 2. The first kappa shape index (κ1) is 12.2. The Morgan fingerprint density at radius 3 is 2.27 bits per heavy atom. The lowest BCUT2D eigenvalue weighted by Crippen LogP contribution is -1.60. The van der Waals surface area contributed by atoms with Crippen molar-refractivity contribution in [1.82, 2.24) is 0 Å². The van der Waals surface area contributed by atoms with Crippen LogP contribution in [0.1, 0.15) is 6.92 Å². The molecule has 0 amide bonds. The lowest BCUT2D eigenvalue weighted by atomic mass is 11.0. The van der Waals surface area contributed by atoms with Crippen molar-refractivity contribution in [2.75, 3.05) is 5.75 Å². The lowest BCUT2D eigenvalue weighted by molar-refractivity contribution is 0.593. The van der Waals surface area contributed by atoms with Gasteiger partial charge in [-0.2, -0.15) is 8.39 Å². The van der Waals surface area contributed by atoms with Crippen LogP contribution in [0, 0.1) is 0 Å². The Morgan fingerprint density at radius 2 is 2.00 bits per heavy atom. The van der Waals surface area contributed by atoms with Crippen LogP contribution in [-0.2, 0) is 4.57 Å². The second kappa shape index (κ2) is 4.48. The van der Waals surface area contributed by atoms with Crippen molar-refractivity contribution in [2.45, 2.75) is 6.92 Å². The van der Waals surface area contributed by atoms with Crippen LogP contribution in [-0.4, -0.2) is 5.75 Å². The summed E-state index contributed by atoms with van der Waals surface area (Å²) in [5, 5.41) is 0. The smallest absolute Gasteiger partial charge is 0.262 e. The molecule has 0 saturated heterocycles. The fourth-order valence-electron chi connectivity index (χ4n) is 0.302. The highest BCUT2D eigenvalue weighted by Gasteiger charge is 2.24. The zero-order chi connectivity index (χ0) is 9.12. The van der Waals surface area contributed by atoms with E-state index in [-0.39, 0.29) is 5.75 Å². The first-order valence-corrected chi connectivity index (χ1v) is 9.02. The third kappa shape index (κ3) is 7.61. The summed E-state index contributed by atoms with van der Waals surface area (Å²) in [5.41, 5.74) is 0. The molecule has 68 valence electrons. The third-order valence-corrected chi connectivity index (χ3v) is 6.31. The van der Waals surface area contributed by atoms with Crippen LogP contribution in [0.15, 0.2) is 4.52 Å². The van der Waals surface area contributed by atoms with Gasteiger partial charge in [0.25, 0.3) is 0 Å². The minimum absolute atomic E-state index is 0.193. The van der Waals surface area contributed by atoms with Crippen molar-refractivity contribution in [2.24, 2.45) is 4.52 Å². The predicted octanol–water partition coefficient (Wildman–Crippen LogP) is 5.21. The Balaban J connectivity index is 4.53. The van der Waals surface area contributed by atoms with Gasteiger partial charge in [0.1, 0.15) is 0 Å². The summed E-state index contributed by atoms with van der Waals surface area (Å²) in [6, 6.07) is 0. The van der Waals surface area contributed by atoms with E-state index in [2.05, 4.69) is 4.52 Å². The monoisotopic (exact) mass is 261 g/mol. The average Bonchev–Trinajstić information content (AvgIpc) is 1.55. The highest BCUT2D eigenvalue weighted by Crippen LogP contribution is 2.74. The van der Waals surface area contributed by atoms with E-state index >= 15 is 0 Å². The van der Waals surface area contributed by atoms with Crippen molar-refractivity contribution in [3.63, 3.8) is 0 Å². The van der Waals surface area contributed by atoms with Crippen LogP contribution in [0.2, 0.25) is 0 Å². The zero-order valence-electron chi connectivity index (χ0n) is 5.38. The largest absolute Gasteiger partial charge is 0.367 e. The number of rotatable bonds is 3. The molecule has 0 fully saturated rings. The average molecular weight is 262 g/mol. The van der Waals surface area contributed by atoms with E-state index in [1.54, 1.807) is 6.92 Å². The molecule has 0 aromatic carbocycles. The summed E-state index contributed by atoms with van der Waals surface area (Å²) < 4.78 is 37.9. The Labute approximate surface area is 77.1 Å². The zero-order valence-corrected chi connectivity index (χ0v) is 9.49. The highest BCUT2D eigenvalue weighted by molar-refractivity contribution is 8.56. The molecule has 0 N–H and O–H groups in total. The van der Waals surface area contributed by atoms with E-state index in [0.717, 1.165) is 0 Å². The van der Waals surface area contributed by atoms with Crippen LogP contribution >= 0.6 is 46.7 Å². The topological polar surface area (TPSA) is 29.4 Å². The summed E-state index contributed by atoms with van der Waals surface area (Å²) >= 11 is 10.0. The molecule has 0 atom stereocenters. The maximum atomic E-state index is 12.5. The van der Waals surface area contributed by atoms with Crippen LogP contribution in [0.25, 0.3) is 0 Å². The van der Waals surface area contributed by atoms with E-state index in [0.29, 0.717) is 11.4 Å². The Kier molecular flexibility index (Phi) is 4.98. The third-order valence-electron chi connectivity index (χ3n) is 0.493. The summed E-state index contributed by atoms with van der Waals surface area (Å²) in [7, 11) is 0. The molecular weight excluding hydrogens is 257 g/mol. The number of nitrogens with zero attached hydrogens (tertiary/aromatic N) is 1. The minimum atomic E-state index is -4.55. The first-order valence-electron chi connectivity index (χ1n) is 2.44. The van der Waals surface area contributed by atoms with Gasteiger partial charge in [0.2, 0.25) is 0 Å². The molecule has 0 aromatic rings. The van der Waals surface area contributed by atoms with Crippen molar-refractivity contribution >= 4 is 46.7 Å². The number of halogens is 4. The molecule has 0 bridgehead atoms. The maximum absolute atomic E-state index is 12.5. The standard InChI is InChI=1S/C2H5Cl2F2NOP2S/c1-2-11-10(5,6)7-9(3,4)8/h2H2,1H3. The van der Waals surface area contributed by atoms with Gasteiger partial charge >= 0.3 is 12.9 Å². The Morgan fingerprint density at radius 1 is 1.55 bits per heavy atom. The summed E-state index contributed by atoms with van der Waals surface area (Å²) in [6.07, 6.45) is 0. The van der Waals surface area contributed by atoms with E-state index in [4.69, 9.17) is 22.5 Å². The molecule has 2 nitrogen and oxygen atoms in total. The van der Waals surface area contributed by atoms with Crippen LogP contribution in [0.4, 0.5) is 8.39 Å². The van der Waals surface area contributed by atoms with Gasteiger partial charge in [-0.1, -0.05) is 18.3 Å². The van der Waals surface area contributed by atoms with Gasteiger partial charge in [-0.3, -0.25) is 4.57 Å². The molecule has 0 rings (SSSR count). The molecule has 0 radical (unpaired) electrons. The van der Waals surface area contributed by atoms with Gasteiger partial charge in [0.05, 0.1) is 0 Å². The van der Waals surface area contributed by atoms with Gasteiger partial charge in [-0.05, 0) is 22.5 Å². The van der Waals surface area contributed by atoms with Gasteiger partial charge in [-0.25, -0.2) is 0 Å². The van der Waals surface area contributed by atoms with Crippen molar-refractivity contribution in [1.29, 1.82) is 0 Å². The van der Waals surface area contributed by atoms with E-state index in [1.807, 2.05) is 0 Å². The predicted molar refractivity (Wildman–Crippen MR) is 49.0 cm³/mol. The quantitative estimate of drug-likeness (QED) is 0.653. The molecule has 0 unspecified atom stereocenters. The highest BCUT2D eigenvalue weighted by atomic mass is 35.9. The van der Waals surface area contributed by atoms with Crippen LogP contribution in [0.5, 0.6) is 0 Å².